The monoisotopic (exact) mass is 267 g/mol. The van der Waals surface area contributed by atoms with E-state index in [1.807, 2.05) is 0 Å². The van der Waals surface area contributed by atoms with Crippen LogP contribution < -0.4 is 9.47 Å². The molecule has 18 heavy (non-hydrogen) atoms. The Labute approximate surface area is 111 Å². The van der Waals surface area contributed by atoms with Crippen LogP contribution in [0.4, 0.5) is 0 Å². The molecule has 96 valence electrons. The van der Waals surface area contributed by atoms with Crippen LogP contribution in [0.15, 0.2) is 17.1 Å². The fourth-order valence-electron chi connectivity index (χ4n) is 1.63. The van der Waals surface area contributed by atoms with Gasteiger partial charge >= 0.3 is 0 Å². The highest BCUT2D eigenvalue weighted by molar-refractivity contribution is 6.32. The van der Waals surface area contributed by atoms with E-state index in [4.69, 9.17) is 21.1 Å². The Morgan fingerprint density at radius 2 is 2.28 bits per heavy atom. The van der Waals surface area contributed by atoms with Gasteiger partial charge in [-0.1, -0.05) is 11.6 Å². The van der Waals surface area contributed by atoms with Crippen molar-refractivity contribution >= 4 is 17.7 Å². The number of hydrogen-bond acceptors (Lipinski definition) is 4. The summed E-state index contributed by atoms with van der Waals surface area (Å²) in [5.41, 5.74) is 0.801. The van der Waals surface area contributed by atoms with Crippen LogP contribution in [0.25, 0.3) is 0 Å². The molecule has 0 bridgehead atoms. The van der Waals surface area contributed by atoms with E-state index < -0.39 is 0 Å². The summed E-state index contributed by atoms with van der Waals surface area (Å²) in [5, 5.41) is 0.460. The molecule has 0 heterocycles. The van der Waals surface area contributed by atoms with Crippen molar-refractivity contribution in [2.24, 2.45) is 10.9 Å². The second-order valence-corrected chi connectivity index (χ2v) is 4.68. The van der Waals surface area contributed by atoms with Crippen LogP contribution in [0.3, 0.4) is 0 Å². The van der Waals surface area contributed by atoms with Crippen LogP contribution in [0.5, 0.6) is 11.5 Å². The quantitative estimate of drug-likeness (QED) is 0.588. The molecule has 1 aromatic rings. The zero-order valence-electron chi connectivity index (χ0n) is 10.1. The molecule has 0 aromatic heterocycles. The van der Waals surface area contributed by atoms with Crippen LogP contribution in [0, 0.1) is 5.92 Å². The molecule has 0 unspecified atom stereocenters. The molecular formula is C13H14ClNO3. The maximum absolute atomic E-state index is 10.1. The zero-order valence-corrected chi connectivity index (χ0v) is 10.9. The first-order chi connectivity index (χ1) is 8.74. The molecule has 0 N–H and O–H groups in total. The van der Waals surface area contributed by atoms with Crippen LogP contribution in [0.2, 0.25) is 5.02 Å². The van der Waals surface area contributed by atoms with E-state index in [1.54, 1.807) is 19.2 Å². The van der Waals surface area contributed by atoms with Gasteiger partial charge in [0.2, 0.25) is 6.08 Å². The number of halogens is 1. The normalized spacial score (nSPS) is 13.9. The number of carbonyl (C=O) groups excluding carboxylic acids is 1. The third-order valence-electron chi connectivity index (χ3n) is 2.77. The lowest BCUT2D eigenvalue weighted by Crippen LogP contribution is -2.02. The number of methoxy groups -OCH3 is 1. The Hall–Kier alpha value is -1.51. The Balaban J connectivity index is 2.20. The molecule has 0 radical (unpaired) electrons. The van der Waals surface area contributed by atoms with Crippen molar-refractivity contribution in [1.82, 2.24) is 0 Å². The highest BCUT2D eigenvalue weighted by Gasteiger charge is 2.23. The summed E-state index contributed by atoms with van der Waals surface area (Å²) in [4.78, 5) is 13.6. The molecule has 0 amide bonds. The molecule has 5 heteroatoms. The van der Waals surface area contributed by atoms with E-state index >= 15 is 0 Å². The van der Waals surface area contributed by atoms with Crippen molar-refractivity contribution in [3.8, 4) is 11.5 Å². The predicted molar refractivity (Wildman–Crippen MR) is 68.0 cm³/mol. The lowest BCUT2D eigenvalue weighted by Gasteiger charge is -2.13. The fraction of sp³-hybridized carbons (Fsp3) is 0.462. The number of isocyanates is 1. The van der Waals surface area contributed by atoms with Crippen molar-refractivity contribution in [1.29, 1.82) is 0 Å². The van der Waals surface area contributed by atoms with Crippen molar-refractivity contribution < 1.29 is 14.3 Å². The Morgan fingerprint density at radius 1 is 1.50 bits per heavy atom. The van der Waals surface area contributed by atoms with Crippen LogP contribution in [0.1, 0.15) is 18.4 Å². The first-order valence-corrected chi connectivity index (χ1v) is 6.15. The number of ether oxygens (including phenoxy) is 2. The molecule has 1 saturated carbocycles. The van der Waals surface area contributed by atoms with Gasteiger partial charge in [-0.2, -0.15) is 0 Å². The molecule has 4 nitrogen and oxygen atoms in total. The minimum atomic E-state index is 0.243. The summed E-state index contributed by atoms with van der Waals surface area (Å²) in [7, 11) is 1.55. The average Bonchev–Trinajstić information content (AvgIpc) is 3.17. The minimum Gasteiger partial charge on any atom is -0.491 e. The van der Waals surface area contributed by atoms with E-state index in [0.29, 0.717) is 29.0 Å². The SMILES string of the molecule is COc1c(Cl)cc(CN=C=O)cc1OCC1CC1. The number of nitrogens with zero attached hydrogens (tertiary/aromatic N) is 1. The van der Waals surface area contributed by atoms with E-state index in [1.165, 1.54) is 18.9 Å². The number of hydrogen-bond donors (Lipinski definition) is 0. The molecule has 1 aromatic carbocycles. The highest BCUT2D eigenvalue weighted by atomic mass is 35.5. The van der Waals surface area contributed by atoms with Crippen LogP contribution in [-0.2, 0) is 11.3 Å². The van der Waals surface area contributed by atoms with E-state index in [0.717, 1.165) is 5.56 Å². The van der Waals surface area contributed by atoms with Gasteiger partial charge in [0.25, 0.3) is 0 Å². The molecule has 1 aliphatic carbocycles. The maximum atomic E-state index is 10.1. The Bertz CT molecular complexity index is 479. The molecule has 0 saturated heterocycles. The van der Waals surface area contributed by atoms with Crippen LogP contribution >= 0.6 is 11.6 Å². The summed E-state index contributed by atoms with van der Waals surface area (Å²) in [6.07, 6.45) is 3.93. The summed E-state index contributed by atoms with van der Waals surface area (Å²) in [6.45, 7) is 0.917. The molecule has 0 atom stereocenters. The van der Waals surface area contributed by atoms with Crippen LogP contribution in [-0.4, -0.2) is 19.8 Å². The van der Waals surface area contributed by atoms with Gasteiger partial charge in [0.1, 0.15) is 0 Å². The summed E-state index contributed by atoms with van der Waals surface area (Å²) in [5.74, 6) is 1.77. The van der Waals surface area contributed by atoms with E-state index in [-0.39, 0.29) is 6.54 Å². The van der Waals surface area contributed by atoms with Gasteiger partial charge < -0.3 is 9.47 Å². The van der Waals surface area contributed by atoms with Gasteiger partial charge in [-0.25, -0.2) is 9.79 Å². The number of aliphatic imine (C=N–C) groups is 1. The van der Waals surface area contributed by atoms with Crippen molar-refractivity contribution in [2.75, 3.05) is 13.7 Å². The molecular weight excluding hydrogens is 254 g/mol. The smallest absolute Gasteiger partial charge is 0.235 e. The first-order valence-electron chi connectivity index (χ1n) is 5.77. The number of benzene rings is 1. The standard InChI is InChI=1S/C13H14ClNO3/c1-17-13-11(14)4-10(6-15-8-16)5-12(13)18-7-9-2-3-9/h4-5,9H,2-3,6-7H2,1H3. The second kappa shape index (κ2) is 5.89. The van der Waals surface area contributed by atoms with E-state index in [2.05, 4.69) is 4.99 Å². The molecule has 1 fully saturated rings. The average molecular weight is 268 g/mol. The van der Waals surface area contributed by atoms with E-state index in [9.17, 15) is 4.79 Å². The van der Waals surface area contributed by atoms with Gasteiger partial charge in [0.05, 0.1) is 25.3 Å². The largest absolute Gasteiger partial charge is 0.491 e. The molecule has 0 spiro atoms. The second-order valence-electron chi connectivity index (χ2n) is 4.27. The van der Waals surface area contributed by atoms with Gasteiger partial charge in [-0.15, -0.1) is 0 Å². The molecule has 1 aliphatic rings. The Kier molecular flexibility index (Phi) is 4.24. The van der Waals surface area contributed by atoms with Gasteiger partial charge in [0.15, 0.2) is 11.5 Å². The first kappa shape index (κ1) is 12.9. The third kappa shape index (κ3) is 3.25. The summed E-state index contributed by atoms with van der Waals surface area (Å²) in [6, 6.07) is 3.51. The molecule has 2 rings (SSSR count). The summed E-state index contributed by atoms with van der Waals surface area (Å²) < 4.78 is 10.9. The van der Waals surface area contributed by atoms with Gasteiger partial charge in [0, 0.05) is 0 Å². The maximum Gasteiger partial charge on any atom is 0.235 e. The third-order valence-corrected chi connectivity index (χ3v) is 3.05. The minimum absolute atomic E-state index is 0.243. The molecule has 0 aliphatic heterocycles. The van der Waals surface area contributed by atoms with Gasteiger partial charge in [-0.3, -0.25) is 0 Å². The predicted octanol–water partition coefficient (Wildman–Crippen LogP) is 2.97. The summed E-state index contributed by atoms with van der Waals surface area (Å²) >= 11 is 6.10. The highest BCUT2D eigenvalue weighted by Crippen LogP contribution is 2.38. The Morgan fingerprint density at radius 3 is 2.89 bits per heavy atom. The lowest BCUT2D eigenvalue weighted by molar-refractivity contribution is 0.280. The zero-order chi connectivity index (χ0) is 13.0. The fourth-order valence-corrected chi connectivity index (χ4v) is 1.94. The van der Waals surface area contributed by atoms with Crippen molar-refractivity contribution in [3.05, 3.63) is 22.7 Å². The topological polar surface area (TPSA) is 47.9 Å². The van der Waals surface area contributed by atoms with Gasteiger partial charge in [-0.05, 0) is 36.5 Å². The van der Waals surface area contributed by atoms with Crippen molar-refractivity contribution in [3.63, 3.8) is 0 Å². The van der Waals surface area contributed by atoms with Crippen molar-refractivity contribution in [2.45, 2.75) is 19.4 Å². The lowest BCUT2D eigenvalue weighted by atomic mass is 10.2. The number of rotatable bonds is 6.